The molecule has 0 unspecified atom stereocenters. The van der Waals surface area contributed by atoms with Crippen molar-refractivity contribution in [3.8, 4) is 0 Å². The molecule has 5 heteroatoms. The van der Waals surface area contributed by atoms with Crippen molar-refractivity contribution in [2.45, 2.75) is 52.4 Å². The van der Waals surface area contributed by atoms with E-state index < -0.39 is 12.0 Å². The molecule has 0 aromatic heterocycles. The molecular weight excluding hydrogens is 214 g/mol. The van der Waals surface area contributed by atoms with E-state index in [1.807, 2.05) is 20.8 Å². The molecule has 92 valence electrons. The highest BCUT2D eigenvalue weighted by atomic mass is 32.1. The second kappa shape index (κ2) is 6.35. The topological polar surface area (TPSA) is 58.6 Å². The number of hydrogen-bond acceptors (Lipinski definition) is 3. The van der Waals surface area contributed by atoms with Gasteiger partial charge < -0.3 is 15.2 Å². The van der Waals surface area contributed by atoms with E-state index in [1.54, 1.807) is 0 Å². The molecule has 0 amide bonds. The van der Waals surface area contributed by atoms with Gasteiger partial charge >= 0.3 is 5.97 Å². The summed E-state index contributed by atoms with van der Waals surface area (Å²) in [5.41, 5.74) is -0.195. The molecule has 0 spiro atoms. The summed E-state index contributed by atoms with van der Waals surface area (Å²) < 4.78 is 5.65. The summed E-state index contributed by atoms with van der Waals surface area (Å²) in [6.07, 6.45) is 0.591. The maximum Gasteiger partial charge on any atom is 0.320 e. The molecule has 1 aliphatic rings. The lowest BCUT2D eigenvalue weighted by atomic mass is 10.1. The van der Waals surface area contributed by atoms with E-state index in [0.29, 0.717) is 13.0 Å². The van der Waals surface area contributed by atoms with Crippen LogP contribution in [0.4, 0.5) is 0 Å². The number of carboxylic acid groups (broad SMARTS) is 1. The van der Waals surface area contributed by atoms with E-state index in [1.165, 1.54) is 0 Å². The van der Waals surface area contributed by atoms with Crippen molar-refractivity contribution in [2.24, 2.45) is 0 Å². The molecule has 15 heavy (non-hydrogen) atoms. The Labute approximate surface area is 98.8 Å². The minimum atomic E-state index is -0.792. The summed E-state index contributed by atoms with van der Waals surface area (Å²) >= 11 is 0. The molecule has 0 aromatic rings. The van der Waals surface area contributed by atoms with E-state index >= 15 is 0 Å². The van der Waals surface area contributed by atoms with Gasteiger partial charge in [0.1, 0.15) is 6.04 Å². The SMILES string of the molecule is C.CC(C)(C)O[C@H]1CN[C@H](C(=O)O)C1.S. The molecule has 1 saturated heterocycles. The first-order valence-electron chi connectivity index (χ1n) is 4.52. The van der Waals surface area contributed by atoms with E-state index in [2.05, 4.69) is 5.32 Å². The zero-order valence-corrected chi connectivity index (χ0v) is 9.83. The molecule has 1 heterocycles. The lowest BCUT2D eigenvalue weighted by Gasteiger charge is -2.24. The van der Waals surface area contributed by atoms with Crippen molar-refractivity contribution in [2.75, 3.05) is 6.54 Å². The van der Waals surface area contributed by atoms with Gasteiger partial charge in [-0.1, -0.05) is 7.43 Å². The Morgan fingerprint density at radius 2 is 2.00 bits per heavy atom. The number of carboxylic acids is 1. The van der Waals surface area contributed by atoms with Gasteiger partial charge in [0.25, 0.3) is 0 Å². The largest absolute Gasteiger partial charge is 0.480 e. The van der Waals surface area contributed by atoms with Gasteiger partial charge in [0.2, 0.25) is 0 Å². The normalized spacial score (nSPS) is 25.3. The van der Waals surface area contributed by atoms with Crippen LogP contribution in [0.5, 0.6) is 0 Å². The van der Waals surface area contributed by atoms with Crippen LogP contribution in [0.3, 0.4) is 0 Å². The molecule has 1 fully saturated rings. The third kappa shape index (κ3) is 6.02. The van der Waals surface area contributed by atoms with Crippen LogP contribution in [0, 0.1) is 0 Å². The third-order valence-corrected chi connectivity index (χ3v) is 1.91. The molecule has 0 aliphatic carbocycles. The van der Waals surface area contributed by atoms with Gasteiger partial charge in [0.05, 0.1) is 11.7 Å². The molecule has 0 aromatic carbocycles. The molecule has 1 aliphatic heterocycles. The second-order valence-corrected chi connectivity index (χ2v) is 4.39. The summed E-state index contributed by atoms with van der Waals surface area (Å²) in [5, 5.41) is 11.6. The predicted molar refractivity (Wildman–Crippen MR) is 65.8 cm³/mol. The van der Waals surface area contributed by atoms with Crippen molar-refractivity contribution in [1.82, 2.24) is 5.32 Å². The number of nitrogens with one attached hydrogen (secondary N) is 1. The van der Waals surface area contributed by atoms with E-state index in [9.17, 15) is 4.79 Å². The van der Waals surface area contributed by atoms with Gasteiger partial charge in [-0.2, -0.15) is 13.5 Å². The molecule has 2 N–H and O–H groups in total. The quantitative estimate of drug-likeness (QED) is 0.761. The fourth-order valence-corrected chi connectivity index (χ4v) is 1.48. The molecule has 0 saturated carbocycles. The van der Waals surface area contributed by atoms with Gasteiger partial charge in [0, 0.05) is 13.0 Å². The first-order valence-corrected chi connectivity index (χ1v) is 4.52. The molecule has 2 atom stereocenters. The summed E-state index contributed by atoms with van der Waals surface area (Å²) in [4.78, 5) is 10.6. The van der Waals surface area contributed by atoms with Gasteiger partial charge in [-0.25, -0.2) is 0 Å². The number of rotatable bonds is 2. The van der Waals surface area contributed by atoms with Crippen molar-refractivity contribution in [1.29, 1.82) is 0 Å². The maximum atomic E-state index is 10.6. The Bertz CT molecular complexity index is 203. The highest BCUT2D eigenvalue weighted by Gasteiger charge is 2.31. The Hall–Kier alpha value is -0.260. The fourth-order valence-electron chi connectivity index (χ4n) is 1.48. The summed E-state index contributed by atoms with van der Waals surface area (Å²) in [6, 6.07) is -0.438. The highest BCUT2D eigenvalue weighted by molar-refractivity contribution is 7.59. The number of hydrogen-bond donors (Lipinski definition) is 2. The first kappa shape index (κ1) is 17.1. The van der Waals surface area contributed by atoms with Crippen LogP contribution < -0.4 is 5.32 Å². The average Bonchev–Trinajstić information content (AvgIpc) is 2.31. The number of ether oxygens (including phenoxy) is 1. The average molecular weight is 237 g/mol. The van der Waals surface area contributed by atoms with Gasteiger partial charge in [-0.3, -0.25) is 4.79 Å². The van der Waals surface area contributed by atoms with Crippen molar-refractivity contribution >= 4 is 19.5 Å². The first-order chi connectivity index (χ1) is 5.88. The number of carbonyl (C=O) groups is 1. The standard InChI is InChI=1S/C9H17NO3.CH4.H2S/c1-9(2,3)13-6-4-7(8(11)12)10-5-6;;/h6-7,10H,4-5H2,1-3H3,(H,11,12);1H4;1H2/t6-,7+;;/m1../s1. The minimum Gasteiger partial charge on any atom is -0.480 e. The Kier molecular flexibility index (Phi) is 7.26. The third-order valence-electron chi connectivity index (χ3n) is 1.91. The molecular formula is C10H23NO3S. The van der Waals surface area contributed by atoms with Crippen LogP contribution in [0.1, 0.15) is 34.6 Å². The lowest BCUT2D eigenvalue weighted by molar-refractivity contribution is -0.139. The summed E-state index contributed by atoms with van der Waals surface area (Å²) in [7, 11) is 0. The van der Waals surface area contributed by atoms with Crippen LogP contribution in [0.2, 0.25) is 0 Å². The Morgan fingerprint density at radius 1 is 1.47 bits per heavy atom. The van der Waals surface area contributed by atoms with Gasteiger partial charge in [-0.15, -0.1) is 0 Å². The second-order valence-electron chi connectivity index (χ2n) is 4.39. The highest BCUT2D eigenvalue weighted by Crippen LogP contribution is 2.17. The minimum absolute atomic E-state index is 0. The molecule has 0 bridgehead atoms. The monoisotopic (exact) mass is 237 g/mol. The lowest BCUT2D eigenvalue weighted by Crippen LogP contribution is -2.30. The van der Waals surface area contributed by atoms with Gasteiger partial charge in [0.15, 0.2) is 0 Å². The van der Waals surface area contributed by atoms with E-state index in [-0.39, 0.29) is 32.6 Å². The Balaban J connectivity index is 0. The summed E-state index contributed by atoms with van der Waals surface area (Å²) in [6.45, 7) is 6.55. The zero-order chi connectivity index (χ0) is 10.1. The smallest absolute Gasteiger partial charge is 0.320 e. The molecule has 1 rings (SSSR count). The van der Waals surface area contributed by atoms with Crippen molar-refractivity contribution in [3.05, 3.63) is 0 Å². The van der Waals surface area contributed by atoms with Crippen LogP contribution in [-0.2, 0) is 9.53 Å². The molecule has 0 radical (unpaired) electrons. The van der Waals surface area contributed by atoms with Crippen LogP contribution in [0.15, 0.2) is 0 Å². The zero-order valence-electron chi connectivity index (χ0n) is 8.83. The Morgan fingerprint density at radius 3 is 2.33 bits per heavy atom. The van der Waals surface area contributed by atoms with Crippen LogP contribution >= 0.6 is 13.5 Å². The summed E-state index contributed by atoms with van der Waals surface area (Å²) in [5.74, 6) is -0.792. The maximum absolute atomic E-state index is 10.6. The number of aliphatic carboxylic acids is 1. The van der Waals surface area contributed by atoms with Gasteiger partial charge in [-0.05, 0) is 20.8 Å². The van der Waals surface area contributed by atoms with E-state index in [4.69, 9.17) is 9.84 Å². The predicted octanol–water partition coefficient (Wildman–Crippen LogP) is 1.37. The van der Waals surface area contributed by atoms with Crippen LogP contribution in [0.25, 0.3) is 0 Å². The van der Waals surface area contributed by atoms with Crippen LogP contribution in [-0.4, -0.2) is 35.4 Å². The van der Waals surface area contributed by atoms with E-state index in [0.717, 1.165) is 0 Å². The fraction of sp³-hybridized carbons (Fsp3) is 0.900. The molecule has 4 nitrogen and oxygen atoms in total. The van der Waals surface area contributed by atoms with Crippen molar-refractivity contribution in [3.63, 3.8) is 0 Å². The van der Waals surface area contributed by atoms with Crippen molar-refractivity contribution < 1.29 is 14.6 Å².